The van der Waals surface area contributed by atoms with Gasteiger partial charge in [0, 0.05) is 5.56 Å². The molecule has 0 heterocycles. The molecule has 0 aliphatic rings. The van der Waals surface area contributed by atoms with E-state index in [1.54, 1.807) is 0 Å². The van der Waals surface area contributed by atoms with Gasteiger partial charge in [0.05, 0.1) is 5.56 Å². The Hall–Kier alpha value is -2.30. The minimum absolute atomic E-state index is 0.116. The highest BCUT2D eigenvalue weighted by atomic mass is 19.3. The van der Waals surface area contributed by atoms with Crippen LogP contribution in [0.4, 0.5) is 13.2 Å². The van der Waals surface area contributed by atoms with Gasteiger partial charge in [-0.25, -0.2) is 13.2 Å². The van der Waals surface area contributed by atoms with Crippen LogP contribution in [-0.2, 0) is 0 Å². The lowest BCUT2D eigenvalue weighted by atomic mass is 10.2. The quantitative estimate of drug-likeness (QED) is 0.768. The maximum Gasteiger partial charge on any atom is 0.267 e. The van der Waals surface area contributed by atoms with Crippen molar-refractivity contribution in [3.63, 3.8) is 0 Å². The third-order valence-electron chi connectivity index (χ3n) is 2.45. The zero-order valence-corrected chi connectivity index (χ0v) is 9.65. The molecule has 0 spiro atoms. The smallest absolute Gasteiger partial charge is 0.267 e. The number of ether oxygens (including phenoxy) is 1. The van der Waals surface area contributed by atoms with Crippen molar-refractivity contribution in [2.45, 2.75) is 6.43 Å². The van der Waals surface area contributed by atoms with Crippen molar-refractivity contribution in [2.24, 2.45) is 0 Å². The van der Waals surface area contributed by atoms with E-state index in [4.69, 9.17) is 4.74 Å². The molecular weight excluding hydrogens is 257 g/mol. The number of alkyl halides is 2. The van der Waals surface area contributed by atoms with E-state index in [-0.39, 0.29) is 5.75 Å². The van der Waals surface area contributed by atoms with Crippen molar-refractivity contribution in [1.82, 2.24) is 0 Å². The molecule has 0 saturated heterocycles. The summed E-state index contributed by atoms with van der Waals surface area (Å²) < 4.78 is 43.7. The van der Waals surface area contributed by atoms with Gasteiger partial charge in [-0.15, -0.1) is 0 Å². The summed E-state index contributed by atoms with van der Waals surface area (Å²) >= 11 is 0. The van der Waals surface area contributed by atoms with Crippen LogP contribution in [0.2, 0.25) is 0 Å². The summed E-state index contributed by atoms with van der Waals surface area (Å²) in [7, 11) is 0. The summed E-state index contributed by atoms with van der Waals surface area (Å²) in [6.07, 6.45) is -2.17. The predicted octanol–water partition coefficient (Wildman–Crippen LogP) is 4.37. The van der Waals surface area contributed by atoms with Crippen LogP contribution in [-0.4, -0.2) is 6.29 Å². The van der Waals surface area contributed by atoms with Crippen LogP contribution in [0.25, 0.3) is 0 Å². The topological polar surface area (TPSA) is 26.3 Å². The second-order valence-corrected chi connectivity index (χ2v) is 3.77. The second-order valence-electron chi connectivity index (χ2n) is 3.77. The molecule has 0 saturated carbocycles. The highest BCUT2D eigenvalue weighted by molar-refractivity contribution is 5.74. The standard InChI is InChI=1S/C14H9F3O2/c15-10-3-6-13(12(7-10)14(16)17)19-11-4-1-9(8-18)2-5-11/h1-8,14H. The van der Waals surface area contributed by atoms with Crippen LogP contribution in [0.5, 0.6) is 11.5 Å². The van der Waals surface area contributed by atoms with Gasteiger partial charge in [0.25, 0.3) is 6.43 Å². The molecule has 0 N–H and O–H groups in total. The van der Waals surface area contributed by atoms with Crippen molar-refractivity contribution in [1.29, 1.82) is 0 Å². The molecule has 0 aliphatic heterocycles. The summed E-state index contributed by atoms with van der Waals surface area (Å²) in [4.78, 5) is 10.5. The van der Waals surface area contributed by atoms with Gasteiger partial charge in [-0.1, -0.05) is 0 Å². The first-order valence-electron chi connectivity index (χ1n) is 5.41. The molecule has 0 unspecified atom stereocenters. The number of hydrogen-bond donors (Lipinski definition) is 0. The lowest BCUT2D eigenvalue weighted by molar-refractivity contribution is 0.112. The normalized spacial score (nSPS) is 10.5. The van der Waals surface area contributed by atoms with E-state index in [1.807, 2.05) is 0 Å². The van der Waals surface area contributed by atoms with Gasteiger partial charge in [0.15, 0.2) is 0 Å². The van der Waals surface area contributed by atoms with Crippen LogP contribution in [0.15, 0.2) is 42.5 Å². The number of benzene rings is 2. The van der Waals surface area contributed by atoms with Crippen molar-refractivity contribution in [3.8, 4) is 11.5 Å². The predicted molar refractivity (Wildman–Crippen MR) is 63.3 cm³/mol. The molecule has 2 aromatic carbocycles. The van der Waals surface area contributed by atoms with Crippen molar-refractivity contribution >= 4 is 6.29 Å². The Kier molecular flexibility index (Phi) is 3.85. The second kappa shape index (κ2) is 5.56. The molecule has 0 atom stereocenters. The number of hydrogen-bond acceptors (Lipinski definition) is 2. The number of halogens is 3. The third kappa shape index (κ3) is 3.13. The zero-order chi connectivity index (χ0) is 13.8. The van der Waals surface area contributed by atoms with E-state index < -0.39 is 17.8 Å². The van der Waals surface area contributed by atoms with Gasteiger partial charge in [-0.3, -0.25) is 4.79 Å². The Bertz CT molecular complexity index is 580. The molecular formula is C14H9F3O2. The lowest BCUT2D eigenvalue weighted by Gasteiger charge is -2.10. The first kappa shape index (κ1) is 13.1. The lowest BCUT2D eigenvalue weighted by Crippen LogP contribution is -1.93. The molecule has 98 valence electrons. The molecule has 5 heteroatoms. The van der Waals surface area contributed by atoms with Crippen LogP contribution in [0.3, 0.4) is 0 Å². The van der Waals surface area contributed by atoms with E-state index in [0.717, 1.165) is 18.2 Å². The van der Waals surface area contributed by atoms with Crippen LogP contribution < -0.4 is 4.74 Å². The highest BCUT2D eigenvalue weighted by Crippen LogP contribution is 2.32. The van der Waals surface area contributed by atoms with Gasteiger partial charge < -0.3 is 4.74 Å². The molecule has 0 radical (unpaired) electrons. The molecule has 0 bridgehead atoms. The Labute approximate surface area is 107 Å². The van der Waals surface area contributed by atoms with E-state index in [9.17, 15) is 18.0 Å². The fourth-order valence-corrected chi connectivity index (χ4v) is 1.52. The van der Waals surface area contributed by atoms with Crippen LogP contribution >= 0.6 is 0 Å². The first-order chi connectivity index (χ1) is 9.10. The molecule has 2 rings (SSSR count). The summed E-state index contributed by atoms with van der Waals surface area (Å²) in [6, 6.07) is 8.86. The van der Waals surface area contributed by atoms with Crippen molar-refractivity contribution < 1.29 is 22.7 Å². The number of rotatable bonds is 4. The molecule has 0 aromatic heterocycles. The Morgan fingerprint density at radius 1 is 1.05 bits per heavy atom. The Morgan fingerprint density at radius 3 is 2.32 bits per heavy atom. The molecule has 0 aliphatic carbocycles. The summed E-state index contributed by atoms with van der Waals surface area (Å²) in [6.45, 7) is 0. The van der Waals surface area contributed by atoms with Gasteiger partial charge >= 0.3 is 0 Å². The van der Waals surface area contributed by atoms with E-state index in [1.165, 1.54) is 24.3 Å². The summed E-state index contributed by atoms with van der Waals surface area (Å²) in [5.41, 5.74) is -0.0694. The maximum absolute atomic E-state index is 12.9. The molecule has 2 nitrogen and oxygen atoms in total. The summed E-state index contributed by atoms with van der Waals surface area (Å²) in [5.74, 6) is -0.576. The molecule has 0 amide bonds. The minimum Gasteiger partial charge on any atom is -0.457 e. The number of aldehydes is 1. The maximum atomic E-state index is 12.9. The largest absolute Gasteiger partial charge is 0.457 e. The van der Waals surface area contributed by atoms with E-state index >= 15 is 0 Å². The van der Waals surface area contributed by atoms with Crippen molar-refractivity contribution in [3.05, 3.63) is 59.4 Å². The van der Waals surface area contributed by atoms with Crippen LogP contribution in [0.1, 0.15) is 22.3 Å². The van der Waals surface area contributed by atoms with E-state index in [2.05, 4.69) is 0 Å². The average Bonchev–Trinajstić information content (AvgIpc) is 2.41. The molecule has 19 heavy (non-hydrogen) atoms. The SMILES string of the molecule is O=Cc1ccc(Oc2ccc(F)cc2C(F)F)cc1. The highest BCUT2D eigenvalue weighted by Gasteiger charge is 2.15. The van der Waals surface area contributed by atoms with Gasteiger partial charge in [0.1, 0.15) is 23.6 Å². The Morgan fingerprint density at radius 2 is 1.74 bits per heavy atom. The van der Waals surface area contributed by atoms with Gasteiger partial charge in [-0.2, -0.15) is 0 Å². The summed E-state index contributed by atoms with van der Waals surface area (Å²) in [5, 5.41) is 0. The first-order valence-corrected chi connectivity index (χ1v) is 5.41. The van der Waals surface area contributed by atoms with Crippen molar-refractivity contribution in [2.75, 3.05) is 0 Å². The Balaban J connectivity index is 2.29. The molecule has 2 aromatic rings. The monoisotopic (exact) mass is 266 g/mol. The van der Waals surface area contributed by atoms with Crippen LogP contribution in [0, 0.1) is 5.82 Å². The fraction of sp³-hybridized carbons (Fsp3) is 0.0714. The van der Waals surface area contributed by atoms with Gasteiger partial charge in [0.2, 0.25) is 0 Å². The zero-order valence-electron chi connectivity index (χ0n) is 9.65. The fourth-order valence-electron chi connectivity index (χ4n) is 1.52. The molecule has 0 fully saturated rings. The van der Waals surface area contributed by atoms with E-state index in [0.29, 0.717) is 17.6 Å². The number of carbonyl (C=O) groups excluding carboxylic acids is 1. The average molecular weight is 266 g/mol. The minimum atomic E-state index is -2.83. The number of carbonyl (C=O) groups is 1. The van der Waals surface area contributed by atoms with Gasteiger partial charge in [-0.05, 0) is 42.5 Å². The third-order valence-corrected chi connectivity index (χ3v) is 2.45.